The van der Waals surface area contributed by atoms with Crippen LogP contribution in [0.15, 0.2) is 72.3 Å². The summed E-state index contributed by atoms with van der Waals surface area (Å²) in [4.78, 5) is 28.5. The summed E-state index contributed by atoms with van der Waals surface area (Å²) in [6.45, 7) is 9.21. The fourth-order valence-electron chi connectivity index (χ4n) is 5.02. The molecule has 7 nitrogen and oxygen atoms in total. The largest absolute Gasteiger partial charge is 0.507 e. The van der Waals surface area contributed by atoms with Crippen LogP contribution in [0.25, 0.3) is 5.76 Å². The molecule has 1 fully saturated rings. The minimum Gasteiger partial charge on any atom is -0.507 e. The first-order chi connectivity index (χ1) is 19.2. The molecule has 208 valence electrons. The number of benzene rings is 3. The fraction of sp³-hybridized carbons (Fsp3) is 0.333. The van der Waals surface area contributed by atoms with Gasteiger partial charge in [-0.3, -0.25) is 14.5 Å². The van der Waals surface area contributed by atoms with Crippen LogP contribution < -0.4 is 19.1 Å². The zero-order valence-corrected chi connectivity index (χ0v) is 23.4. The van der Waals surface area contributed by atoms with Gasteiger partial charge in [-0.15, -0.1) is 0 Å². The number of anilines is 1. The molecular weight excluding hydrogens is 506 g/mol. The van der Waals surface area contributed by atoms with Gasteiger partial charge in [0.1, 0.15) is 11.5 Å². The number of rotatable bonds is 8. The Labute approximate surface area is 235 Å². The first kappa shape index (κ1) is 27.3. The first-order valence-corrected chi connectivity index (χ1v) is 13.7. The Morgan fingerprint density at radius 1 is 0.950 bits per heavy atom. The number of hydrogen-bond donors (Lipinski definition) is 1. The Morgan fingerprint density at radius 2 is 1.65 bits per heavy atom. The molecule has 1 saturated heterocycles. The van der Waals surface area contributed by atoms with Gasteiger partial charge in [-0.05, 0) is 59.4 Å². The lowest BCUT2D eigenvalue weighted by Crippen LogP contribution is -2.29. The van der Waals surface area contributed by atoms with E-state index in [1.165, 1.54) is 4.90 Å². The number of ether oxygens (including phenoxy) is 3. The molecule has 7 heteroatoms. The lowest BCUT2D eigenvalue weighted by atomic mass is 9.85. The molecule has 1 atom stereocenters. The Bertz CT molecular complexity index is 1430. The highest BCUT2D eigenvalue weighted by atomic mass is 16.7. The smallest absolute Gasteiger partial charge is 0.300 e. The van der Waals surface area contributed by atoms with E-state index in [0.717, 1.165) is 24.8 Å². The van der Waals surface area contributed by atoms with Gasteiger partial charge in [-0.25, -0.2) is 0 Å². The number of fused-ring (bicyclic) bond motifs is 1. The Morgan fingerprint density at radius 3 is 2.33 bits per heavy atom. The van der Waals surface area contributed by atoms with Crippen molar-refractivity contribution in [3.8, 4) is 17.2 Å². The minimum absolute atomic E-state index is 0.0304. The molecule has 1 unspecified atom stereocenters. The van der Waals surface area contributed by atoms with Crippen molar-refractivity contribution in [2.75, 3.05) is 18.3 Å². The normalized spacial score (nSPS) is 17.9. The van der Waals surface area contributed by atoms with Crippen LogP contribution in [0.1, 0.15) is 69.7 Å². The van der Waals surface area contributed by atoms with E-state index in [1.807, 2.05) is 24.3 Å². The average Bonchev–Trinajstić information content (AvgIpc) is 3.52. The number of amides is 1. The fourth-order valence-corrected chi connectivity index (χ4v) is 5.02. The predicted octanol–water partition coefficient (Wildman–Crippen LogP) is 6.91. The van der Waals surface area contributed by atoms with Gasteiger partial charge >= 0.3 is 0 Å². The summed E-state index contributed by atoms with van der Waals surface area (Å²) in [5.74, 6) is 0.0483. The van der Waals surface area contributed by atoms with Crippen LogP contribution in [0.2, 0.25) is 0 Å². The minimum atomic E-state index is -0.834. The Hall–Kier alpha value is -4.26. The number of carbonyl (C=O) groups is 2. The average molecular weight is 542 g/mol. The number of ketones is 1. The number of carbonyl (C=O) groups excluding carboxylic acids is 2. The highest BCUT2D eigenvalue weighted by molar-refractivity contribution is 6.51. The summed E-state index contributed by atoms with van der Waals surface area (Å²) in [5.41, 5.74) is 2.70. The zero-order valence-electron chi connectivity index (χ0n) is 23.4. The molecule has 2 heterocycles. The maximum absolute atomic E-state index is 13.5. The van der Waals surface area contributed by atoms with Crippen molar-refractivity contribution in [1.82, 2.24) is 0 Å². The van der Waals surface area contributed by atoms with Crippen molar-refractivity contribution in [3.05, 3.63) is 89.0 Å². The molecule has 40 heavy (non-hydrogen) atoms. The van der Waals surface area contributed by atoms with Crippen LogP contribution in [0.4, 0.5) is 5.69 Å². The standard InChI is InChI=1S/C33H35NO6/c1-5-6-7-18-38-25-15-10-22(11-16-25)30(35)28-29(21-8-12-23(13-9-21)33(2,3)4)34(32(37)31(28)36)24-14-17-26-27(19-24)40-20-39-26/h8-17,19,29,35H,5-7,18,20H2,1-4H3/b30-28+. The van der Waals surface area contributed by atoms with Crippen LogP contribution in [0.3, 0.4) is 0 Å². The van der Waals surface area contributed by atoms with Crippen LogP contribution in [-0.2, 0) is 15.0 Å². The quantitative estimate of drug-likeness (QED) is 0.144. The number of unbranched alkanes of at least 4 members (excludes halogenated alkanes) is 2. The van der Waals surface area contributed by atoms with Gasteiger partial charge in [-0.1, -0.05) is 64.8 Å². The maximum Gasteiger partial charge on any atom is 0.300 e. The molecule has 3 aromatic rings. The second kappa shape index (κ2) is 11.1. The van der Waals surface area contributed by atoms with Crippen LogP contribution >= 0.6 is 0 Å². The maximum atomic E-state index is 13.5. The molecule has 0 aromatic heterocycles. The van der Waals surface area contributed by atoms with Crippen LogP contribution in [0, 0.1) is 0 Å². The van der Waals surface area contributed by atoms with E-state index in [9.17, 15) is 14.7 Å². The molecule has 0 saturated carbocycles. The molecule has 0 radical (unpaired) electrons. The van der Waals surface area contributed by atoms with E-state index in [2.05, 4.69) is 27.7 Å². The van der Waals surface area contributed by atoms with Gasteiger partial charge in [0, 0.05) is 17.3 Å². The van der Waals surface area contributed by atoms with Crippen LogP contribution in [-0.4, -0.2) is 30.2 Å². The molecule has 5 rings (SSSR count). The number of Topliss-reactive ketones (excluding diaryl/α,β-unsaturated/α-hetero) is 1. The van der Waals surface area contributed by atoms with Gasteiger partial charge < -0.3 is 19.3 Å². The van der Waals surface area contributed by atoms with Gasteiger partial charge in [0.05, 0.1) is 18.2 Å². The van der Waals surface area contributed by atoms with E-state index in [4.69, 9.17) is 14.2 Å². The Balaban J connectivity index is 1.56. The third kappa shape index (κ3) is 5.28. The van der Waals surface area contributed by atoms with Crippen molar-refractivity contribution < 1.29 is 28.9 Å². The summed E-state index contributed by atoms with van der Waals surface area (Å²) in [5, 5.41) is 11.5. The summed E-state index contributed by atoms with van der Waals surface area (Å²) in [6.07, 6.45) is 3.18. The van der Waals surface area contributed by atoms with E-state index in [1.54, 1.807) is 42.5 Å². The van der Waals surface area contributed by atoms with Crippen molar-refractivity contribution in [3.63, 3.8) is 0 Å². The monoisotopic (exact) mass is 541 g/mol. The molecule has 1 amide bonds. The molecule has 0 bridgehead atoms. The zero-order chi connectivity index (χ0) is 28.4. The molecule has 3 aromatic carbocycles. The molecular formula is C33H35NO6. The third-order valence-corrected chi connectivity index (χ3v) is 7.32. The molecule has 0 spiro atoms. The lowest BCUT2D eigenvalue weighted by molar-refractivity contribution is -0.132. The first-order valence-electron chi connectivity index (χ1n) is 13.7. The predicted molar refractivity (Wildman–Crippen MR) is 154 cm³/mol. The highest BCUT2D eigenvalue weighted by Crippen LogP contribution is 2.45. The second-order valence-electron chi connectivity index (χ2n) is 11.2. The van der Waals surface area contributed by atoms with E-state index in [0.29, 0.717) is 40.7 Å². The van der Waals surface area contributed by atoms with Crippen molar-refractivity contribution in [2.45, 2.75) is 58.4 Å². The molecule has 1 N–H and O–H groups in total. The van der Waals surface area contributed by atoms with E-state index < -0.39 is 17.7 Å². The van der Waals surface area contributed by atoms with E-state index >= 15 is 0 Å². The summed E-state index contributed by atoms with van der Waals surface area (Å²) < 4.78 is 16.8. The number of aliphatic hydroxyl groups is 1. The van der Waals surface area contributed by atoms with Crippen molar-refractivity contribution in [2.24, 2.45) is 0 Å². The number of hydrogen-bond acceptors (Lipinski definition) is 6. The third-order valence-electron chi connectivity index (χ3n) is 7.32. The Kier molecular flexibility index (Phi) is 7.57. The molecule has 0 aliphatic carbocycles. The molecule has 2 aliphatic rings. The summed E-state index contributed by atoms with van der Waals surface area (Å²) in [7, 11) is 0. The molecule has 2 aliphatic heterocycles. The van der Waals surface area contributed by atoms with Gasteiger partial charge in [0.25, 0.3) is 11.7 Å². The summed E-state index contributed by atoms with van der Waals surface area (Å²) >= 11 is 0. The lowest BCUT2D eigenvalue weighted by Gasteiger charge is -2.26. The number of nitrogens with zero attached hydrogens (tertiary/aromatic N) is 1. The number of aliphatic hydroxyl groups excluding tert-OH is 1. The van der Waals surface area contributed by atoms with Crippen molar-refractivity contribution >= 4 is 23.1 Å². The van der Waals surface area contributed by atoms with Gasteiger partial charge in [0.2, 0.25) is 6.79 Å². The second-order valence-corrected chi connectivity index (χ2v) is 11.2. The van der Waals surface area contributed by atoms with E-state index in [-0.39, 0.29) is 23.5 Å². The highest BCUT2D eigenvalue weighted by Gasteiger charge is 2.47. The van der Waals surface area contributed by atoms with Crippen LogP contribution in [0.5, 0.6) is 17.2 Å². The SMILES string of the molecule is CCCCCOc1ccc(/C(O)=C2\C(=O)C(=O)N(c3ccc4c(c3)OCO4)C2c2ccc(C(C)(C)C)cc2)cc1. The van der Waals surface area contributed by atoms with Gasteiger partial charge in [-0.2, -0.15) is 0 Å². The topological polar surface area (TPSA) is 85.3 Å². The van der Waals surface area contributed by atoms with Crippen molar-refractivity contribution in [1.29, 1.82) is 0 Å². The van der Waals surface area contributed by atoms with Gasteiger partial charge in [0.15, 0.2) is 11.5 Å². The summed E-state index contributed by atoms with van der Waals surface area (Å²) in [6, 6.07) is 19.1.